The Labute approximate surface area is 162 Å². The van der Waals surface area contributed by atoms with Gasteiger partial charge in [0.25, 0.3) is 0 Å². The molecule has 0 N–H and O–H groups in total. The molecule has 0 amide bonds. The summed E-state index contributed by atoms with van der Waals surface area (Å²) in [5, 5.41) is 0. The van der Waals surface area contributed by atoms with Crippen LogP contribution in [0.5, 0.6) is 0 Å². The van der Waals surface area contributed by atoms with Crippen LogP contribution in [-0.2, 0) is 14.3 Å². The molecule has 3 nitrogen and oxygen atoms in total. The minimum Gasteiger partial charge on any atom is -0.465 e. The van der Waals surface area contributed by atoms with Gasteiger partial charge in [0, 0.05) is 0 Å². The molecule has 4 atom stereocenters. The number of hydrogen-bond donors (Lipinski definition) is 0. The van der Waals surface area contributed by atoms with Crippen LogP contribution in [0.4, 0.5) is 0 Å². The zero-order chi connectivity index (χ0) is 20.0. The lowest BCUT2D eigenvalue weighted by molar-refractivity contribution is -0.151. The van der Waals surface area contributed by atoms with Crippen molar-refractivity contribution in [3.05, 3.63) is 0 Å². The van der Waals surface area contributed by atoms with Crippen LogP contribution in [0.15, 0.2) is 0 Å². The molecule has 1 aliphatic rings. The number of hydrogen-bond acceptors (Lipinski definition) is 3. The van der Waals surface area contributed by atoms with Crippen molar-refractivity contribution in [1.29, 1.82) is 0 Å². The molecular formula is C23H44O3. The van der Waals surface area contributed by atoms with Crippen molar-refractivity contribution in [2.24, 2.45) is 28.6 Å². The number of ether oxygens (including phenoxy) is 2. The molecule has 0 spiro atoms. The van der Waals surface area contributed by atoms with E-state index in [1.807, 2.05) is 0 Å². The minimum atomic E-state index is 0.0152. The summed E-state index contributed by atoms with van der Waals surface area (Å²) in [6.45, 7) is 19.6. The summed E-state index contributed by atoms with van der Waals surface area (Å²) in [6, 6.07) is 0. The highest BCUT2D eigenvalue weighted by Gasteiger charge is 2.30. The third-order valence-electron chi connectivity index (χ3n) is 5.17. The zero-order valence-electron chi connectivity index (χ0n) is 18.7. The molecule has 1 fully saturated rings. The molecular weight excluding hydrogens is 324 g/mol. The molecule has 154 valence electrons. The van der Waals surface area contributed by atoms with Crippen LogP contribution in [0.2, 0.25) is 0 Å². The number of epoxide rings is 1. The van der Waals surface area contributed by atoms with Crippen LogP contribution >= 0.6 is 0 Å². The summed E-state index contributed by atoms with van der Waals surface area (Å²) < 4.78 is 10.9. The average Bonchev–Trinajstić information content (AvgIpc) is 3.23. The van der Waals surface area contributed by atoms with E-state index in [1.54, 1.807) is 0 Å². The number of esters is 1. The second-order valence-electron chi connectivity index (χ2n) is 11.1. The highest BCUT2D eigenvalue weighted by atomic mass is 16.6. The topological polar surface area (TPSA) is 38.8 Å². The zero-order valence-corrected chi connectivity index (χ0v) is 18.7. The van der Waals surface area contributed by atoms with E-state index in [4.69, 9.17) is 9.47 Å². The maximum absolute atomic E-state index is 12.8. The average molecular weight is 369 g/mol. The first-order valence-corrected chi connectivity index (χ1v) is 10.7. The van der Waals surface area contributed by atoms with E-state index in [2.05, 4.69) is 55.4 Å². The molecule has 0 aromatic carbocycles. The summed E-state index contributed by atoms with van der Waals surface area (Å²) in [4.78, 5) is 12.8. The van der Waals surface area contributed by atoms with Crippen LogP contribution in [0.3, 0.4) is 0 Å². The fourth-order valence-corrected chi connectivity index (χ4v) is 4.18. The summed E-state index contributed by atoms with van der Waals surface area (Å²) in [6.07, 6.45) is 6.64. The molecule has 0 bridgehead atoms. The van der Waals surface area contributed by atoms with E-state index in [-0.39, 0.29) is 17.3 Å². The molecule has 0 saturated carbocycles. The van der Waals surface area contributed by atoms with E-state index >= 15 is 0 Å². The molecule has 1 rings (SSSR count). The van der Waals surface area contributed by atoms with Crippen LogP contribution in [0, 0.1) is 28.6 Å². The van der Waals surface area contributed by atoms with Crippen molar-refractivity contribution in [2.75, 3.05) is 13.2 Å². The predicted octanol–water partition coefficient (Wildman–Crippen LogP) is 6.25. The number of carbonyl (C=O) groups excluding carboxylic acids is 1. The first-order valence-electron chi connectivity index (χ1n) is 10.7. The molecule has 0 aliphatic carbocycles. The maximum Gasteiger partial charge on any atom is 0.309 e. The lowest BCUT2D eigenvalue weighted by Gasteiger charge is -2.30. The third kappa shape index (κ3) is 11.2. The molecule has 4 unspecified atom stereocenters. The van der Waals surface area contributed by atoms with Gasteiger partial charge >= 0.3 is 5.97 Å². The fraction of sp³-hybridized carbons (Fsp3) is 0.957. The van der Waals surface area contributed by atoms with Gasteiger partial charge in [-0.15, -0.1) is 0 Å². The Kier molecular flexibility index (Phi) is 9.12. The van der Waals surface area contributed by atoms with E-state index in [9.17, 15) is 4.79 Å². The van der Waals surface area contributed by atoms with Crippen molar-refractivity contribution in [3.8, 4) is 0 Å². The minimum absolute atomic E-state index is 0.0152. The Morgan fingerprint density at radius 1 is 1.04 bits per heavy atom. The second-order valence-corrected chi connectivity index (χ2v) is 11.1. The molecule has 0 radical (unpaired) electrons. The quantitative estimate of drug-likeness (QED) is 0.246. The van der Waals surface area contributed by atoms with Gasteiger partial charge in [-0.1, -0.05) is 55.4 Å². The Bertz CT molecular complexity index is 412. The molecule has 1 saturated heterocycles. The molecule has 1 aliphatic heterocycles. The Balaban J connectivity index is 2.53. The van der Waals surface area contributed by atoms with Crippen molar-refractivity contribution in [1.82, 2.24) is 0 Å². The highest BCUT2D eigenvalue weighted by Crippen LogP contribution is 2.34. The SMILES string of the molecule is CC(CCC(C(=O)OCCCC1CO1)C(C)CC(C)(C)C)CC(C)(C)C. The Morgan fingerprint density at radius 2 is 1.62 bits per heavy atom. The van der Waals surface area contributed by atoms with Crippen molar-refractivity contribution >= 4 is 5.97 Å². The van der Waals surface area contributed by atoms with Gasteiger partial charge in [0.1, 0.15) is 0 Å². The fourth-order valence-electron chi connectivity index (χ4n) is 4.18. The lowest BCUT2D eigenvalue weighted by Crippen LogP contribution is -2.28. The van der Waals surface area contributed by atoms with Crippen molar-refractivity contribution in [2.45, 2.75) is 100 Å². The monoisotopic (exact) mass is 368 g/mol. The summed E-state index contributed by atoms with van der Waals surface area (Å²) in [7, 11) is 0. The van der Waals surface area contributed by atoms with Gasteiger partial charge in [0.2, 0.25) is 0 Å². The summed E-state index contributed by atoms with van der Waals surface area (Å²) in [5.41, 5.74) is 0.579. The standard InChI is InChI=1S/C23H44O3/c1-17(14-22(3,4)5)11-12-20(18(2)15-23(6,7)8)21(24)25-13-9-10-19-16-26-19/h17-20H,9-16H2,1-8H3. The maximum atomic E-state index is 12.8. The normalized spacial score (nSPS) is 21.2. The molecule has 1 heterocycles. The van der Waals surface area contributed by atoms with Gasteiger partial charge in [0.05, 0.1) is 25.2 Å². The van der Waals surface area contributed by atoms with Gasteiger partial charge in [-0.3, -0.25) is 4.79 Å². The second kappa shape index (κ2) is 10.1. The summed E-state index contributed by atoms with van der Waals surface area (Å²) >= 11 is 0. The van der Waals surface area contributed by atoms with Gasteiger partial charge in [0.15, 0.2) is 0 Å². The van der Waals surface area contributed by atoms with Gasteiger partial charge in [-0.2, -0.15) is 0 Å². The highest BCUT2D eigenvalue weighted by molar-refractivity contribution is 5.72. The molecule has 26 heavy (non-hydrogen) atoms. The van der Waals surface area contributed by atoms with Crippen LogP contribution in [0.25, 0.3) is 0 Å². The number of carbonyl (C=O) groups is 1. The van der Waals surface area contributed by atoms with Gasteiger partial charge < -0.3 is 9.47 Å². The van der Waals surface area contributed by atoms with Gasteiger partial charge in [-0.05, 0) is 61.2 Å². The Morgan fingerprint density at radius 3 is 2.12 bits per heavy atom. The summed E-state index contributed by atoms with van der Waals surface area (Å²) in [5.74, 6) is 1.03. The largest absolute Gasteiger partial charge is 0.465 e. The molecule has 0 aromatic rings. The van der Waals surface area contributed by atoms with E-state index in [1.165, 1.54) is 6.42 Å². The smallest absolute Gasteiger partial charge is 0.309 e. The first kappa shape index (κ1) is 23.5. The Hall–Kier alpha value is -0.570. The lowest BCUT2D eigenvalue weighted by atomic mass is 9.76. The van der Waals surface area contributed by atoms with Crippen LogP contribution < -0.4 is 0 Å². The first-order chi connectivity index (χ1) is 11.9. The predicted molar refractivity (Wildman–Crippen MR) is 109 cm³/mol. The van der Waals surface area contributed by atoms with E-state index in [0.717, 1.165) is 38.7 Å². The van der Waals surface area contributed by atoms with Crippen LogP contribution in [-0.4, -0.2) is 25.3 Å². The molecule has 3 heteroatoms. The van der Waals surface area contributed by atoms with E-state index < -0.39 is 0 Å². The van der Waals surface area contributed by atoms with Crippen LogP contribution in [0.1, 0.15) is 93.9 Å². The van der Waals surface area contributed by atoms with E-state index in [0.29, 0.717) is 30.0 Å². The van der Waals surface area contributed by atoms with Gasteiger partial charge in [-0.25, -0.2) is 0 Å². The van der Waals surface area contributed by atoms with Crippen molar-refractivity contribution < 1.29 is 14.3 Å². The number of rotatable bonds is 11. The van der Waals surface area contributed by atoms with Crippen molar-refractivity contribution in [3.63, 3.8) is 0 Å². The molecule has 0 aromatic heterocycles. The third-order valence-corrected chi connectivity index (χ3v) is 5.17.